The minimum atomic E-state index is -0.950. The number of hydrogen-bond donors (Lipinski definition) is 2. The smallest absolute Gasteiger partial charge is 0.301 e. The van der Waals surface area contributed by atoms with Gasteiger partial charge in [-0.25, -0.2) is 0 Å². The van der Waals surface area contributed by atoms with Gasteiger partial charge in [0.2, 0.25) is 5.13 Å². The van der Waals surface area contributed by atoms with E-state index in [1.54, 1.807) is 30.3 Å². The molecule has 2 aliphatic heterocycles. The average molecular weight is 558 g/mol. The van der Waals surface area contributed by atoms with Crippen LogP contribution in [0.4, 0.5) is 5.13 Å². The zero-order valence-electron chi connectivity index (χ0n) is 20.8. The number of ether oxygens (including phenoxy) is 1. The van der Waals surface area contributed by atoms with Crippen LogP contribution in [0.5, 0.6) is 11.5 Å². The minimum Gasteiger partial charge on any atom is -0.508 e. The molecule has 3 heterocycles. The van der Waals surface area contributed by atoms with Crippen molar-refractivity contribution < 1.29 is 24.5 Å². The molecule has 4 aromatic rings. The lowest BCUT2D eigenvalue weighted by molar-refractivity contribution is -0.132. The number of thioether (sulfide) groups is 1. The van der Waals surface area contributed by atoms with E-state index in [1.165, 1.54) is 40.1 Å². The summed E-state index contributed by atoms with van der Waals surface area (Å²) in [5.74, 6) is -0.439. The van der Waals surface area contributed by atoms with Gasteiger partial charge in [0.15, 0.2) is 4.34 Å². The summed E-state index contributed by atoms with van der Waals surface area (Å²) in [5.41, 5.74) is 2.96. The number of aliphatic hydroxyl groups is 1. The Bertz CT molecular complexity index is 1600. The Morgan fingerprint density at radius 3 is 2.62 bits per heavy atom. The van der Waals surface area contributed by atoms with Crippen molar-refractivity contribution in [2.75, 3.05) is 4.90 Å². The van der Waals surface area contributed by atoms with E-state index < -0.39 is 17.7 Å². The third-order valence-corrected chi connectivity index (χ3v) is 8.76. The first-order chi connectivity index (χ1) is 18.9. The molecule has 2 atom stereocenters. The van der Waals surface area contributed by atoms with Crippen LogP contribution in [0.2, 0.25) is 0 Å². The van der Waals surface area contributed by atoms with E-state index in [0.717, 1.165) is 16.9 Å². The number of aromatic hydroxyl groups is 1. The van der Waals surface area contributed by atoms with Crippen molar-refractivity contribution in [2.24, 2.45) is 0 Å². The molecule has 8 nitrogen and oxygen atoms in total. The van der Waals surface area contributed by atoms with E-state index >= 15 is 0 Å². The standard InChI is InChI=1S/C29H23N3O5S2/c1-16-13-20-14-19(9-12-22(20)37-16)25(34)23-24(18-7-10-21(33)11-8-18)32(27(36)26(23)35)28-30-31-29(39-28)38-15-17-5-3-2-4-6-17/h2-12,14,16,24,33-34H,13,15H2,1H3/b25-23+. The molecule has 39 heavy (non-hydrogen) atoms. The Hall–Kier alpha value is -4.15. The van der Waals surface area contributed by atoms with Crippen LogP contribution >= 0.6 is 23.1 Å². The fraction of sp³-hybridized carbons (Fsp3) is 0.172. The number of carbonyl (C=O) groups is 2. The molecule has 1 saturated heterocycles. The summed E-state index contributed by atoms with van der Waals surface area (Å²) in [6.07, 6.45) is 0.701. The third kappa shape index (κ3) is 4.77. The molecule has 1 fully saturated rings. The highest BCUT2D eigenvalue weighted by atomic mass is 32.2. The maximum atomic E-state index is 13.4. The predicted molar refractivity (Wildman–Crippen MR) is 149 cm³/mol. The molecule has 6 rings (SSSR count). The Labute approximate surface area is 232 Å². The maximum Gasteiger partial charge on any atom is 0.301 e. The number of aromatic nitrogens is 2. The molecule has 2 aliphatic rings. The van der Waals surface area contributed by atoms with Gasteiger partial charge >= 0.3 is 5.91 Å². The zero-order valence-corrected chi connectivity index (χ0v) is 22.4. The molecule has 2 N–H and O–H groups in total. The van der Waals surface area contributed by atoms with Crippen LogP contribution in [0.15, 0.2) is 82.7 Å². The number of benzene rings is 3. The number of Topliss-reactive ketones (excluding diaryl/α,β-unsaturated/α-hetero) is 1. The first kappa shape index (κ1) is 25.1. The molecule has 1 amide bonds. The number of phenolic OH excluding ortho intramolecular Hbond substituents is 1. The molecule has 0 saturated carbocycles. The Morgan fingerprint density at radius 2 is 1.85 bits per heavy atom. The number of fused-ring (bicyclic) bond motifs is 1. The van der Waals surface area contributed by atoms with E-state index in [0.29, 0.717) is 27.6 Å². The van der Waals surface area contributed by atoms with Crippen LogP contribution in [0.25, 0.3) is 5.76 Å². The number of anilines is 1. The van der Waals surface area contributed by atoms with E-state index in [2.05, 4.69) is 10.2 Å². The highest BCUT2D eigenvalue weighted by Crippen LogP contribution is 2.44. The molecule has 0 spiro atoms. The van der Waals surface area contributed by atoms with Crippen LogP contribution in [0, 0.1) is 0 Å². The van der Waals surface area contributed by atoms with Crippen LogP contribution in [-0.4, -0.2) is 38.2 Å². The van der Waals surface area contributed by atoms with Gasteiger partial charge in [-0.3, -0.25) is 14.5 Å². The lowest BCUT2D eigenvalue weighted by Gasteiger charge is -2.22. The van der Waals surface area contributed by atoms with Crippen LogP contribution in [-0.2, 0) is 21.8 Å². The fourth-order valence-corrected chi connectivity index (χ4v) is 6.63. The van der Waals surface area contributed by atoms with Crippen LogP contribution < -0.4 is 9.64 Å². The van der Waals surface area contributed by atoms with E-state index in [-0.39, 0.29) is 28.3 Å². The van der Waals surface area contributed by atoms with Crippen molar-refractivity contribution in [2.45, 2.75) is 35.6 Å². The quantitative estimate of drug-likeness (QED) is 0.105. The first-order valence-electron chi connectivity index (χ1n) is 12.3. The van der Waals surface area contributed by atoms with Gasteiger partial charge in [0.25, 0.3) is 5.78 Å². The van der Waals surface area contributed by atoms with Crippen molar-refractivity contribution >= 4 is 45.7 Å². The topological polar surface area (TPSA) is 113 Å². The van der Waals surface area contributed by atoms with Gasteiger partial charge in [0.05, 0.1) is 11.6 Å². The van der Waals surface area contributed by atoms with Crippen molar-refractivity contribution in [1.82, 2.24) is 10.2 Å². The SMILES string of the molecule is CC1Cc2cc(/C(O)=C3\C(=O)C(=O)N(c4nnc(SCc5ccccc5)s4)C3c3ccc(O)cc3)ccc2O1. The molecule has 0 aliphatic carbocycles. The Morgan fingerprint density at radius 1 is 1.08 bits per heavy atom. The first-order valence-corrected chi connectivity index (χ1v) is 14.1. The van der Waals surface area contributed by atoms with Gasteiger partial charge in [-0.15, -0.1) is 10.2 Å². The maximum absolute atomic E-state index is 13.4. The molecule has 3 aromatic carbocycles. The number of aliphatic hydroxyl groups excluding tert-OH is 1. The van der Waals surface area contributed by atoms with Crippen molar-refractivity contribution in [3.63, 3.8) is 0 Å². The number of phenols is 1. The predicted octanol–water partition coefficient (Wildman–Crippen LogP) is 5.49. The largest absolute Gasteiger partial charge is 0.508 e. The van der Waals surface area contributed by atoms with Gasteiger partial charge in [-0.2, -0.15) is 0 Å². The Balaban J connectivity index is 1.39. The van der Waals surface area contributed by atoms with Crippen molar-refractivity contribution in [3.8, 4) is 11.5 Å². The molecular weight excluding hydrogens is 534 g/mol. The summed E-state index contributed by atoms with van der Waals surface area (Å²) in [6.45, 7) is 1.96. The molecule has 10 heteroatoms. The fourth-order valence-electron chi connectivity index (χ4n) is 4.80. The second-order valence-electron chi connectivity index (χ2n) is 9.34. The number of carbonyl (C=O) groups excluding carboxylic acids is 2. The van der Waals surface area contributed by atoms with Gasteiger partial charge in [0.1, 0.15) is 23.4 Å². The summed E-state index contributed by atoms with van der Waals surface area (Å²) >= 11 is 2.69. The zero-order chi connectivity index (χ0) is 27.1. The monoisotopic (exact) mass is 557 g/mol. The minimum absolute atomic E-state index is 0.0198. The van der Waals surface area contributed by atoms with Crippen LogP contribution in [0.1, 0.15) is 35.2 Å². The summed E-state index contributed by atoms with van der Waals surface area (Å²) < 4.78 is 6.41. The molecule has 2 unspecified atom stereocenters. The number of ketones is 1. The highest BCUT2D eigenvalue weighted by molar-refractivity contribution is 8.00. The number of hydrogen-bond acceptors (Lipinski definition) is 9. The lowest BCUT2D eigenvalue weighted by Crippen LogP contribution is -2.29. The number of rotatable bonds is 6. The van der Waals surface area contributed by atoms with Crippen LogP contribution in [0.3, 0.4) is 0 Å². The molecule has 196 valence electrons. The summed E-state index contributed by atoms with van der Waals surface area (Å²) in [6, 6.07) is 20.4. The van der Waals surface area contributed by atoms with Gasteiger partial charge in [0, 0.05) is 17.7 Å². The molecule has 0 bridgehead atoms. The molecule has 0 radical (unpaired) electrons. The lowest BCUT2D eigenvalue weighted by atomic mass is 9.94. The van der Waals surface area contributed by atoms with Gasteiger partial charge in [-0.1, -0.05) is 65.6 Å². The molecule has 1 aromatic heterocycles. The summed E-state index contributed by atoms with van der Waals surface area (Å²) in [5, 5.41) is 30.0. The summed E-state index contributed by atoms with van der Waals surface area (Å²) in [7, 11) is 0. The van der Waals surface area contributed by atoms with Crippen molar-refractivity contribution in [1.29, 1.82) is 0 Å². The average Bonchev–Trinajstić information content (AvgIpc) is 3.63. The van der Waals surface area contributed by atoms with E-state index in [4.69, 9.17) is 4.74 Å². The highest BCUT2D eigenvalue weighted by Gasteiger charge is 2.48. The van der Waals surface area contributed by atoms with Crippen molar-refractivity contribution in [3.05, 3.63) is 101 Å². The van der Waals surface area contributed by atoms with Gasteiger partial charge < -0.3 is 14.9 Å². The normalized spacial score (nSPS) is 19.8. The number of nitrogens with zero attached hydrogens (tertiary/aromatic N) is 3. The van der Waals surface area contributed by atoms with E-state index in [1.807, 2.05) is 37.3 Å². The summed E-state index contributed by atoms with van der Waals surface area (Å²) in [4.78, 5) is 28.1. The van der Waals surface area contributed by atoms with E-state index in [9.17, 15) is 19.8 Å². The number of amides is 1. The second-order valence-corrected chi connectivity index (χ2v) is 11.5. The molecular formula is C29H23N3O5S2. The third-order valence-electron chi connectivity index (χ3n) is 6.63. The Kier molecular flexibility index (Phi) is 6.58. The second kappa shape index (κ2) is 10.2. The van der Waals surface area contributed by atoms with Gasteiger partial charge in [-0.05, 0) is 53.9 Å².